The average Bonchev–Trinajstić information content (AvgIpc) is 2.57. The SMILES string of the molecule is CC(=O)N[C@H]1/C(=N/O)O[C@H]2COC(c3ccccc3)O[C@H]2[C@@H]1O. The molecular formula is C15H18N2O6. The number of aliphatic hydroxyl groups is 1. The summed E-state index contributed by atoms with van der Waals surface area (Å²) in [4.78, 5) is 11.3. The second kappa shape index (κ2) is 6.53. The number of nitrogens with zero attached hydrogens (tertiary/aromatic N) is 1. The van der Waals surface area contributed by atoms with Gasteiger partial charge < -0.3 is 29.8 Å². The van der Waals surface area contributed by atoms with Crippen LogP contribution < -0.4 is 5.32 Å². The van der Waals surface area contributed by atoms with Crippen molar-refractivity contribution in [3.05, 3.63) is 35.9 Å². The molecule has 1 amide bonds. The molecule has 5 atom stereocenters. The van der Waals surface area contributed by atoms with E-state index in [1.807, 2.05) is 30.3 Å². The second-order valence-electron chi connectivity index (χ2n) is 5.44. The minimum absolute atomic E-state index is 0.160. The standard InChI is InChI=1S/C15H18N2O6/c1-8(18)16-11-12(19)13-10(22-14(11)17-20)7-21-15(23-13)9-5-3-2-4-6-9/h2-6,10-13,15,19-20H,7H2,1H3,(H,16,18)/b17-14-/t10-,11+,12+,13+,15?/m0/s1. The number of aliphatic hydroxyl groups excluding tert-OH is 1. The van der Waals surface area contributed by atoms with Crippen molar-refractivity contribution in [2.45, 2.75) is 37.6 Å². The number of hydrogen-bond donors (Lipinski definition) is 3. The number of fused-ring (bicyclic) bond motifs is 1. The van der Waals surface area contributed by atoms with Crippen LogP contribution in [0.5, 0.6) is 0 Å². The van der Waals surface area contributed by atoms with Crippen LogP contribution in [0.25, 0.3) is 0 Å². The number of carbonyl (C=O) groups is 1. The molecule has 3 N–H and O–H groups in total. The van der Waals surface area contributed by atoms with Gasteiger partial charge in [-0.3, -0.25) is 4.79 Å². The van der Waals surface area contributed by atoms with E-state index in [2.05, 4.69) is 10.5 Å². The number of nitrogens with one attached hydrogen (secondary N) is 1. The highest BCUT2D eigenvalue weighted by atomic mass is 16.7. The molecule has 1 aromatic rings. The van der Waals surface area contributed by atoms with Gasteiger partial charge in [0.15, 0.2) is 12.4 Å². The van der Waals surface area contributed by atoms with Crippen molar-refractivity contribution in [2.75, 3.05) is 6.61 Å². The molecule has 3 rings (SSSR count). The fourth-order valence-corrected chi connectivity index (χ4v) is 2.75. The van der Waals surface area contributed by atoms with Gasteiger partial charge in [-0.05, 0) is 0 Å². The predicted molar refractivity (Wildman–Crippen MR) is 77.7 cm³/mol. The van der Waals surface area contributed by atoms with Crippen molar-refractivity contribution in [3.63, 3.8) is 0 Å². The van der Waals surface area contributed by atoms with E-state index in [1.165, 1.54) is 6.92 Å². The average molecular weight is 322 g/mol. The number of rotatable bonds is 2. The lowest BCUT2D eigenvalue weighted by Crippen LogP contribution is -2.64. The number of amides is 1. The zero-order valence-corrected chi connectivity index (χ0v) is 12.5. The van der Waals surface area contributed by atoms with Crippen LogP contribution in [0, 0.1) is 0 Å². The number of hydrogen-bond acceptors (Lipinski definition) is 7. The van der Waals surface area contributed by atoms with E-state index in [0.717, 1.165) is 5.56 Å². The summed E-state index contributed by atoms with van der Waals surface area (Å²) in [5, 5.41) is 25.0. The van der Waals surface area contributed by atoms with E-state index >= 15 is 0 Å². The first-order valence-electron chi connectivity index (χ1n) is 7.26. The molecular weight excluding hydrogens is 304 g/mol. The molecule has 2 heterocycles. The quantitative estimate of drug-likeness (QED) is 0.528. The Bertz CT molecular complexity index is 593. The number of oxime groups is 1. The third-order valence-corrected chi connectivity index (χ3v) is 3.80. The predicted octanol–water partition coefficient (Wildman–Crippen LogP) is 0.153. The summed E-state index contributed by atoms with van der Waals surface area (Å²) >= 11 is 0. The third kappa shape index (κ3) is 3.14. The molecule has 0 saturated carbocycles. The van der Waals surface area contributed by atoms with Crippen LogP contribution in [-0.2, 0) is 19.0 Å². The Balaban J connectivity index is 1.79. The van der Waals surface area contributed by atoms with Gasteiger partial charge >= 0.3 is 0 Å². The minimum Gasteiger partial charge on any atom is -0.468 e. The molecule has 1 unspecified atom stereocenters. The first-order valence-corrected chi connectivity index (χ1v) is 7.26. The van der Waals surface area contributed by atoms with Crippen LogP contribution in [0.4, 0.5) is 0 Å². The fourth-order valence-electron chi connectivity index (χ4n) is 2.75. The van der Waals surface area contributed by atoms with Crippen LogP contribution in [0.2, 0.25) is 0 Å². The summed E-state index contributed by atoms with van der Waals surface area (Å²) in [6, 6.07) is 8.33. The summed E-state index contributed by atoms with van der Waals surface area (Å²) in [6.45, 7) is 1.46. The molecule has 124 valence electrons. The summed E-state index contributed by atoms with van der Waals surface area (Å²) < 4.78 is 16.9. The van der Waals surface area contributed by atoms with Gasteiger partial charge in [0.05, 0.1) is 6.61 Å². The van der Waals surface area contributed by atoms with Gasteiger partial charge in [-0.25, -0.2) is 0 Å². The van der Waals surface area contributed by atoms with E-state index in [4.69, 9.17) is 19.4 Å². The molecule has 23 heavy (non-hydrogen) atoms. The molecule has 2 aliphatic rings. The Hall–Kier alpha value is -2.16. The number of benzene rings is 1. The normalized spacial score (nSPS) is 35.2. The summed E-state index contributed by atoms with van der Waals surface area (Å²) in [6.07, 6.45) is -3.11. The van der Waals surface area contributed by atoms with Gasteiger partial charge in [0, 0.05) is 12.5 Å². The molecule has 0 aromatic heterocycles. The monoisotopic (exact) mass is 322 g/mol. The summed E-state index contributed by atoms with van der Waals surface area (Å²) in [7, 11) is 0. The molecule has 8 nitrogen and oxygen atoms in total. The zero-order chi connectivity index (χ0) is 16.4. The van der Waals surface area contributed by atoms with Crippen molar-refractivity contribution in [3.8, 4) is 0 Å². The topological polar surface area (TPSA) is 110 Å². The van der Waals surface area contributed by atoms with Crippen LogP contribution in [0.1, 0.15) is 18.8 Å². The van der Waals surface area contributed by atoms with E-state index in [1.54, 1.807) is 0 Å². The van der Waals surface area contributed by atoms with Crippen molar-refractivity contribution in [1.29, 1.82) is 0 Å². The number of carbonyl (C=O) groups excluding carboxylic acids is 1. The maximum atomic E-state index is 11.3. The van der Waals surface area contributed by atoms with Crippen molar-refractivity contribution >= 4 is 11.8 Å². The smallest absolute Gasteiger partial charge is 0.251 e. The van der Waals surface area contributed by atoms with Crippen LogP contribution in [-0.4, -0.2) is 53.1 Å². The Morgan fingerprint density at radius 1 is 1.35 bits per heavy atom. The van der Waals surface area contributed by atoms with E-state index in [0.29, 0.717) is 0 Å². The van der Waals surface area contributed by atoms with Gasteiger partial charge in [-0.2, -0.15) is 0 Å². The molecule has 8 heteroatoms. The van der Waals surface area contributed by atoms with Crippen molar-refractivity contribution in [2.24, 2.45) is 5.16 Å². The summed E-state index contributed by atoms with van der Waals surface area (Å²) in [5.41, 5.74) is 0.816. The lowest BCUT2D eigenvalue weighted by Gasteiger charge is -2.44. The van der Waals surface area contributed by atoms with Gasteiger partial charge in [0.25, 0.3) is 5.90 Å². The number of ether oxygens (including phenoxy) is 3. The van der Waals surface area contributed by atoms with E-state index < -0.39 is 30.6 Å². The minimum atomic E-state index is -1.13. The van der Waals surface area contributed by atoms with Gasteiger partial charge in [-0.15, -0.1) is 0 Å². The first kappa shape index (κ1) is 15.7. The Kier molecular flexibility index (Phi) is 4.46. The van der Waals surface area contributed by atoms with E-state index in [9.17, 15) is 9.90 Å². The highest BCUT2D eigenvalue weighted by Gasteiger charge is 2.49. The Labute approximate surface area is 132 Å². The van der Waals surface area contributed by atoms with Crippen molar-refractivity contribution in [1.82, 2.24) is 5.32 Å². The zero-order valence-electron chi connectivity index (χ0n) is 12.5. The molecule has 0 aliphatic carbocycles. The third-order valence-electron chi connectivity index (χ3n) is 3.80. The van der Waals surface area contributed by atoms with Crippen LogP contribution >= 0.6 is 0 Å². The highest BCUT2D eigenvalue weighted by molar-refractivity contribution is 5.88. The largest absolute Gasteiger partial charge is 0.468 e. The molecule has 2 fully saturated rings. The summed E-state index contributed by atoms with van der Waals surface area (Å²) in [5.74, 6) is -0.553. The van der Waals surface area contributed by atoms with E-state index in [-0.39, 0.29) is 18.4 Å². The molecule has 2 aliphatic heterocycles. The molecule has 0 spiro atoms. The van der Waals surface area contributed by atoms with Gasteiger partial charge in [-0.1, -0.05) is 35.5 Å². The lowest BCUT2D eigenvalue weighted by atomic mass is 9.96. The van der Waals surface area contributed by atoms with Crippen LogP contribution in [0.3, 0.4) is 0 Å². The second-order valence-corrected chi connectivity index (χ2v) is 5.44. The Morgan fingerprint density at radius 3 is 2.74 bits per heavy atom. The van der Waals surface area contributed by atoms with Crippen LogP contribution in [0.15, 0.2) is 35.5 Å². The maximum Gasteiger partial charge on any atom is 0.251 e. The van der Waals surface area contributed by atoms with Crippen molar-refractivity contribution < 1.29 is 29.3 Å². The molecule has 0 bridgehead atoms. The first-order chi connectivity index (χ1) is 11.1. The van der Waals surface area contributed by atoms with Gasteiger partial charge in [0.1, 0.15) is 18.2 Å². The van der Waals surface area contributed by atoms with Gasteiger partial charge in [0.2, 0.25) is 5.91 Å². The highest BCUT2D eigenvalue weighted by Crippen LogP contribution is 2.32. The Morgan fingerprint density at radius 2 is 2.09 bits per heavy atom. The molecule has 2 saturated heterocycles. The molecule has 0 radical (unpaired) electrons. The molecule has 1 aromatic carbocycles. The fraction of sp³-hybridized carbons (Fsp3) is 0.467. The lowest BCUT2D eigenvalue weighted by molar-refractivity contribution is -0.281. The maximum absolute atomic E-state index is 11.3.